The van der Waals surface area contributed by atoms with Gasteiger partial charge in [-0.05, 0) is 116 Å². The molecule has 1 saturated heterocycles. The van der Waals surface area contributed by atoms with Gasteiger partial charge in [-0.1, -0.05) is 22.0 Å². The summed E-state index contributed by atoms with van der Waals surface area (Å²) in [6.07, 6.45) is 6.79. The Morgan fingerprint density at radius 3 is 2.60 bits per heavy atom. The van der Waals surface area contributed by atoms with Crippen molar-refractivity contribution in [2.24, 2.45) is 5.92 Å². The summed E-state index contributed by atoms with van der Waals surface area (Å²) in [5, 5.41) is 0. The summed E-state index contributed by atoms with van der Waals surface area (Å²) in [6.45, 7) is 4.59. The fourth-order valence-corrected chi connectivity index (χ4v) is 5.96. The molecule has 1 atom stereocenters. The van der Waals surface area contributed by atoms with Crippen molar-refractivity contribution < 1.29 is 0 Å². The number of piperidine rings is 1. The molecule has 1 aromatic carbocycles. The molecule has 2 nitrogen and oxygen atoms in total. The van der Waals surface area contributed by atoms with E-state index in [1.54, 1.807) is 0 Å². The van der Waals surface area contributed by atoms with Crippen molar-refractivity contribution in [2.45, 2.75) is 38.5 Å². The van der Waals surface area contributed by atoms with E-state index in [0.29, 0.717) is 11.8 Å². The number of rotatable bonds is 1. The van der Waals surface area contributed by atoms with Crippen LogP contribution in [0.4, 0.5) is 0 Å². The zero-order valence-corrected chi connectivity index (χ0v) is 18.6. The van der Waals surface area contributed by atoms with Gasteiger partial charge in [0.05, 0.1) is 5.69 Å². The first-order chi connectivity index (χ1) is 12.0. The van der Waals surface area contributed by atoms with E-state index in [9.17, 15) is 0 Å². The molecule has 1 aromatic heterocycles. The molecule has 2 heterocycles. The van der Waals surface area contributed by atoms with Gasteiger partial charge in [-0.2, -0.15) is 0 Å². The lowest BCUT2D eigenvalue weighted by Crippen LogP contribution is -2.33. The van der Waals surface area contributed by atoms with Crippen LogP contribution in [0.25, 0.3) is 0 Å². The molecule has 2 aromatic rings. The number of aryl methyl sites for hydroxylation is 3. The Morgan fingerprint density at radius 2 is 1.84 bits per heavy atom. The Morgan fingerprint density at radius 1 is 1.12 bits per heavy atom. The van der Waals surface area contributed by atoms with Crippen LogP contribution in [0.2, 0.25) is 0 Å². The van der Waals surface area contributed by atoms with Gasteiger partial charge >= 0.3 is 0 Å². The Bertz CT molecular complexity index is 797. The molecule has 25 heavy (non-hydrogen) atoms. The molecular weight excluding hydrogens is 487 g/mol. The van der Waals surface area contributed by atoms with Crippen LogP contribution >= 0.6 is 38.5 Å². The van der Waals surface area contributed by atoms with E-state index in [0.717, 1.165) is 12.8 Å². The summed E-state index contributed by atoms with van der Waals surface area (Å²) in [6, 6.07) is 7.05. The lowest BCUT2D eigenvalue weighted by atomic mass is 9.76. The summed E-state index contributed by atoms with van der Waals surface area (Å²) in [4.78, 5) is 7.43. The molecule has 0 bridgehead atoms. The van der Waals surface area contributed by atoms with Crippen molar-refractivity contribution in [1.29, 1.82) is 0 Å². The zero-order valence-electron chi connectivity index (χ0n) is 14.9. The standard InChI is InChI=1S/C21H24BrIN2/c1-13-9-15-3-4-16-11-17(23)12-24-21(16)20(19(15)18(22)10-13)14-5-7-25(2)8-6-14/h9-12,14,20H,3-8H2,1-2H3. The van der Waals surface area contributed by atoms with Gasteiger partial charge in [0.2, 0.25) is 0 Å². The normalized spacial score (nSPS) is 21.5. The number of hydrogen-bond donors (Lipinski definition) is 0. The van der Waals surface area contributed by atoms with Crippen LogP contribution in [0.1, 0.15) is 46.7 Å². The highest BCUT2D eigenvalue weighted by atomic mass is 127. The monoisotopic (exact) mass is 510 g/mol. The third-order valence-corrected chi connectivity index (χ3v) is 7.08. The number of fused-ring (bicyclic) bond motifs is 2. The van der Waals surface area contributed by atoms with Gasteiger partial charge in [0, 0.05) is 20.2 Å². The van der Waals surface area contributed by atoms with E-state index < -0.39 is 0 Å². The summed E-state index contributed by atoms with van der Waals surface area (Å²) < 4.78 is 2.53. The minimum Gasteiger partial charge on any atom is -0.306 e. The predicted octanol–water partition coefficient (Wildman–Crippen LogP) is 5.33. The molecule has 0 amide bonds. The van der Waals surface area contributed by atoms with Crippen LogP contribution in [0, 0.1) is 16.4 Å². The van der Waals surface area contributed by atoms with E-state index in [4.69, 9.17) is 4.98 Å². The number of nitrogens with zero attached hydrogens (tertiary/aromatic N) is 2. The summed E-state index contributed by atoms with van der Waals surface area (Å²) in [5.41, 5.74) is 7.16. The Labute approximate surface area is 172 Å². The third-order valence-electron chi connectivity index (χ3n) is 5.83. The number of pyridine rings is 1. The maximum absolute atomic E-state index is 4.97. The average molecular weight is 511 g/mol. The first-order valence-electron chi connectivity index (χ1n) is 9.14. The molecule has 1 aliphatic carbocycles. The average Bonchev–Trinajstić information content (AvgIpc) is 2.72. The lowest BCUT2D eigenvalue weighted by molar-refractivity contribution is 0.206. The fraction of sp³-hybridized carbons (Fsp3) is 0.476. The minimum absolute atomic E-state index is 0.424. The molecule has 0 N–H and O–H groups in total. The van der Waals surface area contributed by atoms with E-state index in [1.807, 2.05) is 0 Å². The van der Waals surface area contributed by atoms with Crippen LogP contribution in [-0.4, -0.2) is 30.0 Å². The number of likely N-dealkylation sites (tertiary alicyclic amines) is 1. The largest absolute Gasteiger partial charge is 0.306 e. The summed E-state index contributed by atoms with van der Waals surface area (Å²) >= 11 is 6.31. The maximum atomic E-state index is 4.97. The minimum atomic E-state index is 0.424. The second-order valence-electron chi connectivity index (χ2n) is 7.64. The van der Waals surface area contributed by atoms with Crippen LogP contribution in [0.5, 0.6) is 0 Å². The molecule has 2 aliphatic rings. The molecule has 1 unspecified atom stereocenters. The van der Waals surface area contributed by atoms with Crippen LogP contribution in [-0.2, 0) is 12.8 Å². The maximum Gasteiger partial charge on any atom is 0.0514 e. The number of aromatic nitrogens is 1. The highest BCUT2D eigenvalue weighted by molar-refractivity contribution is 14.1. The van der Waals surface area contributed by atoms with Crippen LogP contribution in [0.15, 0.2) is 28.9 Å². The van der Waals surface area contributed by atoms with Gasteiger partial charge in [0.1, 0.15) is 0 Å². The van der Waals surface area contributed by atoms with Crippen molar-refractivity contribution in [3.63, 3.8) is 0 Å². The van der Waals surface area contributed by atoms with Crippen molar-refractivity contribution in [3.8, 4) is 0 Å². The molecule has 0 spiro atoms. The molecule has 4 rings (SSSR count). The molecule has 0 saturated carbocycles. The van der Waals surface area contributed by atoms with Crippen molar-refractivity contribution in [1.82, 2.24) is 9.88 Å². The van der Waals surface area contributed by atoms with Crippen LogP contribution < -0.4 is 0 Å². The van der Waals surface area contributed by atoms with Crippen LogP contribution in [0.3, 0.4) is 0 Å². The fourth-order valence-electron chi connectivity index (χ4n) is 4.58. The Hall–Kier alpha value is -0.460. The SMILES string of the molecule is Cc1cc(Br)c2c(c1)CCc1cc(I)cnc1C2C1CCN(C)CC1. The smallest absolute Gasteiger partial charge is 0.0514 e. The second kappa shape index (κ2) is 7.28. The predicted molar refractivity (Wildman–Crippen MR) is 115 cm³/mol. The molecule has 1 aliphatic heterocycles. The van der Waals surface area contributed by atoms with E-state index in [2.05, 4.69) is 81.8 Å². The zero-order chi connectivity index (χ0) is 17.6. The first kappa shape index (κ1) is 17.9. The molecule has 4 heteroatoms. The van der Waals surface area contributed by atoms with Gasteiger partial charge in [0.25, 0.3) is 0 Å². The molecule has 132 valence electrons. The highest BCUT2D eigenvalue weighted by Gasteiger charge is 2.34. The van der Waals surface area contributed by atoms with E-state index >= 15 is 0 Å². The summed E-state index contributed by atoms with van der Waals surface area (Å²) in [7, 11) is 2.24. The highest BCUT2D eigenvalue weighted by Crippen LogP contribution is 2.45. The van der Waals surface area contributed by atoms with E-state index in [1.165, 1.54) is 61.9 Å². The van der Waals surface area contributed by atoms with Gasteiger partial charge in [-0.3, -0.25) is 4.98 Å². The van der Waals surface area contributed by atoms with Crippen molar-refractivity contribution in [3.05, 3.63) is 60.4 Å². The van der Waals surface area contributed by atoms with E-state index in [-0.39, 0.29) is 0 Å². The van der Waals surface area contributed by atoms with Gasteiger partial charge in [0.15, 0.2) is 0 Å². The Balaban J connectivity index is 1.87. The third kappa shape index (κ3) is 3.54. The first-order valence-corrected chi connectivity index (χ1v) is 11.0. The Kier molecular flexibility index (Phi) is 5.22. The molecule has 1 fully saturated rings. The topological polar surface area (TPSA) is 16.1 Å². The molecule has 0 radical (unpaired) electrons. The lowest BCUT2D eigenvalue weighted by Gasteiger charge is -2.35. The van der Waals surface area contributed by atoms with Gasteiger partial charge in [-0.25, -0.2) is 0 Å². The number of hydrogen-bond acceptors (Lipinski definition) is 2. The van der Waals surface area contributed by atoms with Gasteiger partial charge < -0.3 is 4.90 Å². The number of benzene rings is 1. The van der Waals surface area contributed by atoms with Crippen molar-refractivity contribution >= 4 is 38.5 Å². The second-order valence-corrected chi connectivity index (χ2v) is 9.74. The summed E-state index contributed by atoms with van der Waals surface area (Å²) in [5.74, 6) is 1.10. The van der Waals surface area contributed by atoms with Crippen molar-refractivity contribution in [2.75, 3.05) is 20.1 Å². The van der Waals surface area contributed by atoms with Gasteiger partial charge in [-0.15, -0.1) is 0 Å². The quantitative estimate of drug-likeness (QED) is 0.482. The number of halogens is 2. The molecular formula is C21H24BrIN2.